The van der Waals surface area contributed by atoms with Gasteiger partial charge in [-0.3, -0.25) is 24.5 Å². The highest BCUT2D eigenvalue weighted by Gasteiger charge is 2.20. The Labute approximate surface area is 211 Å². The number of nitrogens with two attached hydrogens (primary N) is 1. The first-order valence-corrected chi connectivity index (χ1v) is 12.1. The predicted octanol–water partition coefficient (Wildman–Crippen LogP) is 1.85. The molecule has 0 radical (unpaired) electrons. The second-order valence-electron chi connectivity index (χ2n) is 8.90. The topological polar surface area (TPSA) is 137 Å². The Morgan fingerprint density at radius 1 is 1.00 bits per heavy atom. The summed E-state index contributed by atoms with van der Waals surface area (Å²) in [5, 5.41) is 14.1. The van der Waals surface area contributed by atoms with Crippen molar-refractivity contribution in [2.75, 3.05) is 25.5 Å². The number of hydrogen-bond donors (Lipinski definition) is 5. The Balaban J connectivity index is 1.52. The second kappa shape index (κ2) is 13.4. The van der Waals surface area contributed by atoms with Crippen molar-refractivity contribution >= 4 is 23.4 Å². The van der Waals surface area contributed by atoms with E-state index in [4.69, 9.17) is 10.9 Å². The SMILES string of the molecule is CN(CC(=O)Nc1ccc(C#Cc2ccc(C(=O)N[C@@H](CN)C(=O)NO)cc2)cc1)C1CCCCC1. The van der Waals surface area contributed by atoms with Crippen LogP contribution in [0.4, 0.5) is 5.69 Å². The first-order valence-electron chi connectivity index (χ1n) is 12.1. The molecule has 1 atom stereocenters. The molecule has 2 aromatic rings. The monoisotopic (exact) mass is 491 g/mol. The van der Waals surface area contributed by atoms with Crippen LogP contribution < -0.4 is 21.8 Å². The van der Waals surface area contributed by atoms with Gasteiger partial charge in [-0.2, -0.15) is 0 Å². The average Bonchev–Trinajstić information content (AvgIpc) is 2.91. The molecule has 9 nitrogen and oxygen atoms in total. The first kappa shape index (κ1) is 26.9. The molecular weight excluding hydrogens is 458 g/mol. The molecule has 0 heterocycles. The minimum Gasteiger partial charge on any atom is -0.339 e. The van der Waals surface area contributed by atoms with Gasteiger partial charge in [-0.05, 0) is 68.4 Å². The van der Waals surface area contributed by atoms with Gasteiger partial charge < -0.3 is 16.4 Å². The van der Waals surface area contributed by atoms with Crippen molar-refractivity contribution in [1.29, 1.82) is 0 Å². The molecule has 0 aliphatic heterocycles. The van der Waals surface area contributed by atoms with Crippen LogP contribution in [0.5, 0.6) is 0 Å². The Kier molecular flexibility index (Phi) is 10.0. The number of nitrogens with zero attached hydrogens (tertiary/aromatic N) is 1. The molecule has 1 saturated carbocycles. The van der Waals surface area contributed by atoms with Crippen molar-refractivity contribution in [1.82, 2.24) is 15.7 Å². The van der Waals surface area contributed by atoms with Gasteiger partial charge in [0.05, 0.1) is 6.54 Å². The van der Waals surface area contributed by atoms with Crippen molar-refractivity contribution in [3.05, 3.63) is 65.2 Å². The zero-order chi connectivity index (χ0) is 25.9. The highest BCUT2D eigenvalue weighted by atomic mass is 16.5. The van der Waals surface area contributed by atoms with Crippen LogP contribution in [0.3, 0.4) is 0 Å². The molecule has 6 N–H and O–H groups in total. The lowest BCUT2D eigenvalue weighted by atomic mass is 9.94. The number of nitrogens with one attached hydrogen (secondary N) is 3. The third-order valence-corrected chi connectivity index (χ3v) is 6.23. The van der Waals surface area contributed by atoms with Crippen LogP contribution in [0, 0.1) is 11.8 Å². The van der Waals surface area contributed by atoms with E-state index in [2.05, 4.69) is 27.4 Å². The van der Waals surface area contributed by atoms with Crippen molar-refractivity contribution in [3.63, 3.8) is 0 Å². The third-order valence-electron chi connectivity index (χ3n) is 6.23. The fourth-order valence-corrected chi connectivity index (χ4v) is 4.12. The van der Waals surface area contributed by atoms with Gasteiger partial charge >= 0.3 is 0 Å². The van der Waals surface area contributed by atoms with Crippen LogP contribution in [0.25, 0.3) is 0 Å². The smallest absolute Gasteiger partial charge is 0.267 e. The van der Waals surface area contributed by atoms with E-state index in [-0.39, 0.29) is 12.5 Å². The molecule has 0 aromatic heterocycles. The third kappa shape index (κ3) is 7.92. The molecule has 0 unspecified atom stereocenters. The quantitative estimate of drug-likeness (QED) is 0.217. The molecule has 3 rings (SSSR count). The maximum absolute atomic E-state index is 12.4. The number of hydroxylamine groups is 1. The molecule has 190 valence electrons. The van der Waals surface area contributed by atoms with Gasteiger partial charge in [-0.1, -0.05) is 31.1 Å². The summed E-state index contributed by atoms with van der Waals surface area (Å²) in [5.41, 5.74) is 9.47. The first-order chi connectivity index (χ1) is 17.4. The molecule has 0 spiro atoms. The molecule has 3 amide bonds. The van der Waals surface area contributed by atoms with Gasteiger partial charge in [0.1, 0.15) is 6.04 Å². The van der Waals surface area contributed by atoms with E-state index in [0.29, 0.717) is 23.7 Å². The number of likely N-dealkylation sites (N-methyl/N-ethyl adjacent to an activating group) is 1. The van der Waals surface area contributed by atoms with Crippen molar-refractivity contribution in [2.45, 2.75) is 44.2 Å². The normalized spacial score (nSPS) is 14.3. The average molecular weight is 492 g/mol. The van der Waals surface area contributed by atoms with E-state index in [1.165, 1.54) is 24.7 Å². The molecule has 1 aliphatic rings. The van der Waals surface area contributed by atoms with Gasteiger partial charge in [-0.15, -0.1) is 0 Å². The van der Waals surface area contributed by atoms with Gasteiger partial charge in [0.25, 0.3) is 11.8 Å². The minimum absolute atomic E-state index is 0.0270. The predicted molar refractivity (Wildman–Crippen MR) is 137 cm³/mol. The molecule has 9 heteroatoms. The summed E-state index contributed by atoms with van der Waals surface area (Å²) in [6.07, 6.45) is 6.08. The van der Waals surface area contributed by atoms with Gasteiger partial charge in [-0.25, -0.2) is 5.48 Å². The summed E-state index contributed by atoms with van der Waals surface area (Å²) in [5.74, 6) is 4.79. The van der Waals surface area contributed by atoms with E-state index in [1.807, 2.05) is 31.3 Å². The summed E-state index contributed by atoms with van der Waals surface area (Å²) in [6, 6.07) is 13.4. The number of hydrogen-bond acceptors (Lipinski definition) is 6. The van der Waals surface area contributed by atoms with Crippen LogP contribution in [0.15, 0.2) is 48.5 Å². The van der Waals surface area contributed by atoms with Crippen LogP contribution in [0.2, 0.25) is 0 Å². The largest absolute Gasteiger partial charge is 0.339 e. The Morgan fingerprint density at radius 2 is 1.58 bits per heavy atom. The number of rotatable bonds is 8. The highest BCUT2D eigenvalue weighted by Crippen LogP contribution is 2.21. The van der Waals surface area contributed by atoms with Crippen LogP contribution in [0.1, 0.15) is 53.6 Å². The van der Waals surface area contributed by atoms with E-state index in [9.17, 15) is 14.4 Å². The molecule has 36 heavy (non-hydrogen) atoms. The number of carbonyl (C=O) groups excluding carboxylic acids is 3. The van der Waals surface area contributed by atoms with Gasteiger partial charge in [0.15, 0.2) is 0 Å². The van der Waals surface area contributed by atoms with E-state index < -0.39 is 17.9 Å². The van der Waals surface area contributed by atoms with Crippen LogP contribution in [-0.2, 0) is 9.59 Å². The molecular formula is C27H33N5O4. The lowest BCUT2D eigenvalue weighted by Gasteiger charge is -2.30. The van der Waals surface area contributed by atoms with Crippen LogP contribution in [-0.4, -0.2) is 60.0 Å². The lowest BCUT2D eigenvalue weighted by molar-refractivity contribution is -0.130. The van der Waals surface area contributed by atoms with E-state index in [0.717, 1.165) is 24.1 Å². The molecule has 0 bridgehead atoms. The summed E-state index contributed by atoms with van der Waals surface area (Å²) < 4.78 is 0. The molecule has 2 aromatic carbocycles. The van der Waals surface area contributed by atoms with Crippen molar-refractivity contribution < 1.29 is 19.6 Å². The fraction of sp³-hybridized carbons (Fsp3) is 0.370. The van der Waals surface area contributed by atoms with Gasteiger partial charge in [0.2, 0.25) is 5.91 Å². The summed E-state index contributed by atoms with van der Waals surface area (Å²) in [6.45, 7) is 0.226. The Morgan fingerprint density at radius 3 is 2.14 bits per heavy atom. The maximum atomic E-state index is 12.4. The van der Waals surface area contributed by atoms with E-state index in [1.54, 1.807) is 24.3 Å². The molecule has 1 aliphatic carbocycles. The fourth-order valence-electron chi connectivity index (χ4n) is 4.12. The lowest BCUT2D eigenvalue weighted by Crippen LogP contribution is -2.50. The number of benzene rings is 2. The second-order valence-corrected chi connectivity index (χ2v) is 8.90. The van der Waals surface area contributed by atoms with Crippen molar-refractivity contribution in [3.8, 4) is 11.8 Å². The van der Waals surface area contributed by atoms with Gasteiger partial charge in [0, 0.05) is 35.0 Å². The Hall–Kier alpha value is -3.71. The van der Waals surface area contributed by atoms with E-state index >= 15 is 0 Å². The molecule has 0 saturated heterocycles. The summed E-state index contributed by atoms with van der Waals surface area (Å²) in [7, 11) is 2.01. The standard InChI is InChI=1S/C27H33N5O4/c1-32(23-5-3-2-4-6-23)18-25(33)29-22-15-11-20(12-16-22)8-7-19-9-13-21(14-10-19)26(34)30-24(17-28)27(35)31-36/h9-16,23-24,36H,2-6,17-18,28H2,1H3,(H,29,33)(H,30,34)(H,31,35)/t24-/m0/s1. The van der Waals surface area contributed by atoms with Crippen LogP contribution >= 0.6 is 0 Å². The zero-order valence-electron chi connectivity index (χ0n) is 20.4. The number of anilines is 1. The Bertz CT molecular complexity index is 1100. The number of amides is 3. The minimum atomic E-state index is -1.03. The number of carbonyl (C=O) groups is 3. The molecule has 1 fully saturated rings. The highest BCUT2D eigenvalue weighted by molar-refractivity contribution is 5.97. The maximum Gasteiger partial charge on any atom is 0.267 e. The summed E-state index contributed by atoms with van der Waals surface area (Å²) >= 11 is 0. The zero-order valence-corrected chi connectivity index (χ0v) is 20.4. The van der Waals surface area contributed by atoms with Crippen molar-refractivity contribution in [2.24, 2.45) is 5.73 Å². The summed E-state index contributed by atoms with van der Waals surface area (Å²) in [4.78, 5) is 38.3.